The van der Waals surface area contributed by atoms with Gasteiger partial charge in [-0.15, -0.1) is 0 Å². The fraction of sp³-hybridized carbons (Fsp3) is 0. The smallest absolute Gasteiger partial charge is 0.136 e. The number of aromatic nitrogens is 2. The zero-order valence-corrected chi connectivity index (χ0v) is 44.7. The van der Waals surface area contributed by atoms with Gasteiger partial charge >= 0.3 is 0 Å². The predicted molar refractivity (Wildman–Crippen MR) is 344 cm³/mol. The van der Waals surface area contributed by atoms with Crippen molar-refractivity contribution in [3.8, 4) is 67.0 Å². The van der Waals surface area contributed by atoms with Crippen LogP contribution >= 0.6 is 0 Å². The van der Waals surface area contributed by atoms with Gasteiger partial charge in [0.25, 0.3) is 0 Å². The Bertz CT molecular complexity index is 4790. The molecule has 0 N–H and O–H groups in total. The summed E-state index contributed by atoms with van der Waals surface area (Å²) in [7, 11) is 0. The Morgan fingerprint density at radius 1 is 0.207 bits per heavy atom. The lowest BCUT2D eigenvalue weighted by Gasteiger charge is -2.26. The van der Waals surface area contributed by atoms with E-state index in [-0.39, 0.29) is 0 Å². The van der Waals surface area contributed by atoms with Crippen molar-refractivity contribution in [1.29, 1.82) is 0 Å². The molecular formula is C78H51N3O. The van der Waals surface area contributed by atoms with Gasteiger partial charge in [0.05, 0.1) is 22.1 Å². The molecule has 4 heteroatoms. The van der Waals surface area contributed by atoms with Crippen LogP contribution in [0.15, 0.2) is 314 Å². The molecule has 0 fully saturated rings. The summed E-state index contributed by atoms with van der Waals surface area (Å²) in [6, 6.07) is 112. The highest BCUT2D eigenvalue weighted by Gasteiger charge is 2.18. The summed E-state index contributed by atoms with van der Waals surface area (Å²) in [5.41, 5.74) is 23.8. The molecule has 0 amide bonds. The van der Waals surface area contributed by atoms with Crippen molar-refractivity contribution in [3.05, 3.63) is 309 Å². The fourth-order valence-electron chi connectivity index (χ4n) is 12.5. The van der Waals surface area contributed by atoms with Gasteiger partial charge in [-0.2, -0.15) is 0 Å². The molecule has 0 spiro atoms. The standard InChI is InChI=1S/C78H51N3O/c1-3-13-62(14-4-1)80-73-20-10-7-17-67(73)71-49-59(38-47-75(71)80)56-27-23-52(24-28-56)54-31-40-64(41-32-54)79(66-44-35-58(36-45-66)61-37-46-70-69-19-9-12-22-77(69)82-78(70)51-61)65-42-33-55(34-43-65)53-25-29-57(30-26-53)60-39-48-76-72(50-60)68-18-8-11-21-74(68)81(76)63-15-5-2-6-16-63/h1-51H. The molecule has 384 valence electrons. The van der Waals surface area contributed by atoms with Crippen molar-refractivity contribution in [2.75, 3.05) is 4.90 Å². The lowest BCUT2D eigenvalue weighted by Crippen LogP contribution is -2.09. The first-order chi connectivity index (χ1) is 40.6. The van der Waals surface area contributed by atoms with Gasteiger partial charge in [-0.05, 0) is 171 Å². The third-order valence-electron chi connectivity index (χ3n) is 16.6. The molecule has 16 rings (SSSR count). The number of fused-ring (bicyclic) bond motifs is 9. The summed E-state index contributed by atoms with van der Waals surface area (Å²) >= 11 is 0. The molecule has 0 aliphatic carbocycles. The van der Waals surface area contributed by atoms with Crippen LogP contribution in [-0.4, -0.2) is 9.13 Å². The minimum atomic E-state index is 0.892. The molecular weight excluding hydrogens is 995 g/mol. The Labute approximate surface area is 474 Å². The lowest BCUT2D eigenvalue weighted by molar-refractivity contribution is 0.669. The molecule has 0 aliphatic rings. The van der Waals surface area contributed by atoms with E-state index < -0.39 is 0 Å². The van der Waals surface area contributed by atoms with Crippen LogP contribution in [0, 0.1) is 0 Å². The second-order valence-electron chi connectivity index (χ2n) is 21.3. The summed E-state index contributed by atoms with van der Waals surface area (Å²) in [6.07, 6.45) is 0. The Hall–Kier alpha value is -10.9. The van der Waals surface area contributed by atoms with Crippen LogP contribution in [-0.2, 0) is 0 Å². The van der Waals surface area contributed by atoms with Crippen LogP contribution in [0.5, 0.6) is 0 Å². The topological polar surface area (TPSA) is 26.2 Å². The molecule has 16 aromatic rings. The number of hydrogen-bond acceptors (Lipinski definition) is 2. The minimum absolute atomic E-state index is 0.892. The van der Waals surface area contributed by atoms with Crippen molar-refractivity contribution in [3.63, 3.8) is 0 Å². The maximum Gasteiger partial charge on any atom is 0.136 e. The van der Waals surface area contributed by atoms with Crippen LogP contribution in [0.2, 0.25) is 0 Å². The molecule has 0 aliphatic heterocycles. The first-order valence-corrected chi connectivity index (χ1v) is 28.0. The molecule has 4 nitrogen and oxygen atoms in total. The third kappa shape index (κ3) is 8.07. The van der Waals surface area contributed by atoms with Crippen LogP contribution in [0.3, 0.4) is 0 Å². The largest absolute Gasteiger partial charge is 0.456 e. The number of nitrogens with zero attached hydrogens (tertiary/aromatic N) is 3. The number of rotatable bonds is 10. The first-order valence-electron chi connectivity index (χ1n) is 28.0. The molecule has 82 heavy (non-hydrogen) atoms. The third-order valence-corrected chi connectivity index (χ3v) is 16.6. The van der Waals surface area contributed by atoms with E-state index in [2.05, 4.69) is 311 Å². The van der Waals surface area contributed by atoms with Gasteiger partial charge in [0.15, 0.2) is 0 Å². The van der Waals surface area contributed by atoms with Crippen LogP contribution in [0.1, 0.15) is 0 Å². The molecule has 0 saturated heterocycles. The van der Waals surface area contributed by atoms with Crippen LogP contribution < -0.4 is 4.90 Å². The second kappa shape index (κ2) is 19.5. The summed E-state index contributed by atoms with van der Waals surface area (Å²) in [4.78, 5) is 2.35. The minimum Gasteiger partial charge on any atom is -0.456 e. The molecule has 3 aromatic heterocycles. The van der Waals surface area contributed by atoms with E-state index in [0.29, 0.717) is 0 Å². The number of furan rings is 1. The van der Waals surface area contributed by atoms with Crippen LogP contribution in [0.25, 0.3) is 133 Å². The Morgan fingerprint density at radius 3 is 0.951 bits per heavy atom. The lowest BCUT2D eigenvalue weighted by atomic mass is 9.98. The first kappa shape index (κ1) is 47.1. The zero-order valence-electron chi connectivity index (χ0n) is 44.7. The number of benzene rings is 13. The molecule has 13 aromatic carbocycles. The fourth-order valence-corrected chi connectivity index (χ4v) is 12.5. The van der Waals surface area contributed by atoms with Gasteiger partial charge in [-0.25, -0.2) is 0 Å². The second-order valence-corrected chi connectivity index (χ2v) is 21.3. The van der Waals surface area contributed by atoms with Gasteiger partial charge in [0, 0.05) is 60.8 Å². The highest BCUT2D eigenvalue weighted by atomic mass is 16.3. The Balaban J connectivity index is 0.704. The van der Waals surface area contributed by atoms with Crippen molar-refractivity contribution in [2.24, 2.45) is 0 Å². The monoisotopic (exact) mass is 1050 g/mol. The van der Waals surface area contributed by atoms with E-state index >= 15 is 0 Å². The summed E-state index contributed by atoms with van der Waals surface area (Å²) < 4.78 is 11.0. The number of anilines is 3. The SMILES string of the molecule is c1ccc(-n2c3ccccc3c3cc(-c4ccc(-c5ccc(N(c6ccc(-c7ccc(-c8ccc9c(c8)c8ccccc8n9-c8ccccc8)cc7)cc6)c6ccc(-c7ccc8c(c7)oc7ccccc78)cc6)cc5)cc4)ccc32)cc1. The molecule has 0 saturated carbocycles. The zero-order chi connectivity index (χ0) is 54.1. The highest BCUT2D eigenvalue weighted by molar-refractivity contribution is 6.12. The van der Waals surface area contributed by atoms with E-state index in [1.807, 2.05) is 12.1 Å². The molecule has 0 atom stereocenters. The van der Waals surface area contributed by atoms with E-state index in [4.69, 9.17) is 4.42 Å². The highest BCUT2D eigenvalue weighted by Crippen LogP contribution is 2.41. The van der Waals surface area contributed by atoms with Crippen molar-refractivity contribution >= 4 is 82.6 Å². The maximum atomic E-state index is 6.30. The van der Waals surface area contributed by atoms with Gasteiger partial charge < -0.3 is 18.5 Å². The quantitative estimate of drug-likeness (QED) is 0.136. The van der Waals surface area contributed by atoms with Crippen molar-refractivity contribution < 1.29 is 4.42 Å². The van der Waals surface area contributed by atoms with E-state index in [9.17, 15) is 0 Å². The van der Waals surface area contributed by atoms with Gasteiger partial charge in [-0.3, -0.25) is 0 Å². The van der Waals surface area contributed by atoms with E-state index in [1.165, 1.54) is 77.0 Å². The predicted octanol–water partition coefficient (Wildman–Crippen LogP) is 21.6. The average molecular weight is 1050 g/mol. The average Bonchev–Trinajstić information content (AvgIpc) is 4.17. The normalized spacial score (nSPS) is 11.7. The van der Waals surface area contributed by atoms with Gasteiger partial charge in [0.1, 0.15) is 11.2 Å². The molecule has 0 radical (unpaired) electrons. The summed E-state index contributed by atoms with van der Waals surface area (Å²) in [6.45, 7) is 0. The molecule has 0 unspecified atom stereocenters. The van der Waals surface area contributed by atoms with Crippen molar-refractivity contribution in [2.45, 2.75) is 0 Å². The molecule has 3 heterocycles. The Morgan fingerprint density at radius 2 is 0.512 bits per heavy atom. The maximum absolute atomic E-state index is 6.30. The summed E-state index contributed by atoms with van der Waals surface area (Å²) in [5.74, 6) is 0. The summed E-state index contributed by atoms with van der Waals surface area (Å²) in [5, 5.41) is 7.27. The van der Waals surface area contributed by atoms with Gasteiger partial charge in [-0.1, -0.05) is 194 Å². The van der Waals surface area contributed by atoms with Crippen LogP contribution in [0.4, 0.5) is 17.1 Å². The van der Waals surface area contributed by atoms with Gasteiger partial charge in [0.2, 0.25) is 0 Å². The van der Waals surface area contributed by atoms with Crippen molar-refractivity contribution in [1.82, 2.24) is 9.13 Å². The van der Waals surface area contributed by atoms with E-state index in [0.717, 1.165) is 72.6 Å². The Kier molecular flexibility index (Phi) is 11.2. The molecule has 0 bridgehead atoms. The number of hydrogen-bond donors (Lipinski definition) is 0. The van der Waals surface area contributed by atoms with E-state index in [1.54, 1.807) is 0 Å². The number of para-hydroxylation sites is 5.